The van der Waals surface area contributed by atoms with Gasteiger partial charge in [0, 0.05) is 29.5 Å². The number of Topliss-reactive ketones (excluding diaryl/α,β-unsaturated/α-hetero) is 1. The Bertz CT molecular complexity index is 1200. The van der Waals surface area contributed by atoms with Crippen LogP contribution in [0.2, 0.25) is 0 Å². The van der Waals surface area contributed by atoms with E-state index in [2.05, 4.69) is 51.1 Å². The Morgan fingerprint density at radius 3 is 2.61 bits per heavy atom. The summed E-state index contributed by atoms with van der Waals surface area (Å²) in [5.74, 6) is 0.972. The van der Waals surface area contributed by atoms with Gasteiger partial charge in [-0.05, 0) is 17.2 Å². The van der Waals surface area contributed by atoms with Crippen molar-refractivity contribution >= 4 is 28.9 Å². The molecule has 0 fully saturated rings. The number of H-pyrrole nitrogens is 1. The van der Waals surface area contributed by atoms with Gasteiger partial charge in [-0.25, -0.2) is 9.97 Å². The van der Waals surface area contributed by atoms with Crippen LogP contribution in [-0.2, 0) is 12.3 Å². The molecule has 0 aliphatic rings. The Morgan fingerprint density at radius 1 is 1.06 bits per heavy atom. The van der Waals surface area contributed by atoms with E-state index in [1.165, 1.54) is 11.1 Å². The number of carbonyl (C=O) groups is 1. The fourth-order valence-electron chi connectivity index (χ4n) is 3.29. The van der Waals surface area contributed by atoms with Crippen molar-refractivity contribution in [1.82, 2.24) is 19.7 Å². The maximum Gasteiger partial charge on any atom is 0.171 e. The summed E-state index contributed by atoms with van der Waals surface area (Å²) >= 11 is 1.69. The van der Waals surface area contributed by atoms with E-state index in [1.54, 1.807) is 24.3 Å². The van der Waals surface area contributed by atoms with Gasteiger partial charge >= 0.3 is 0 Å². The van der Waals surface area contributed by atoms with E-state index in [4.69, 9.17) is 4.98 Å². The highest BCUT2D eigenvalue weighted by molar-refractivity contribution is 7.96. The van der Waals surface area contributed by atoms with Gasteiger partial charge < -0.3 is 4.98 Å². The van der Waals surface area contributed by atoms with E-state index < -0.39 is 5.41 Å². The van der Waals surface area contributed by atoms with Crippen LogP contribution in [-0.4, -0.2) is 20.7 Å². The second kappa shape index (κ2) is 9.04. The second-order valence-corrected chi connectivity index (χ2v) is 9.40. The summed E-state index contributed by atoms with van der Waals surface area (Å²) < 4.78 is 3.43. The number of nitrogens with one attached hydrogen (secondary N) is 2. The minimum Gasteiger partial charge on any atom is -0.344 e. The molecule has 31 heavy (non-hydrogen) atoms. The van der Waals surface area contributed by atoms with Gasteiger partial charge in [-0.1, -0.05) is 81.3 Å². The molecule has 4 rings (SSSR count). The van der Waals surface area contributed by atoms with Crippen LogP contribution in [0.15, 0.2) is 67.0 Å². The molecule has 0 saturated carbocycles. The number of hydrogen-bond donors (Lipinski definition) is 2. The Kier molecular flexibility index (Phi) is 6.20. The van der Waals surface area contributed by atoms with Crippen LogP contribution in [0, 0.1) is 5.41 Å². The second-order valence-electron chi connectivity index (χ2n) is 8.53. The van der Waals surface area contributed by atoms with Crippen molar-refractivity contribution in [3.8, 4) is 11.3 Å². The average Bonchev–Trinajstić information content (AvgIpc) is 3.19. The summed E-state index contributed by atoms with van der Waals surface area (Å²) in [7, 11) is 0. The molecule has 2 N–H and O–H groups in total. The summed E-state index contributed by atoms with van der Waals surface area (Å²) in [5, 5.41) is 0. The molecule has 158 valence electrons. The number of nitrogens with zero attached hydrogens (tertiary/aromatic N) is 2. The SMILES string of the molecule is CC(C)(C)C(=O)c1c[nH]c2ncc(-c3cccc(CNSCc4ccccc4)c3)nc12. The van der Waals surface area contributed by atoms with Crippen LogP contribution in [0.3, 0.4) is 0 Å². The molecular formula is C25H26N4OS. The molecule has 4 aromatic rings. The van der Waals surface area contributed by atoms with Gasteiger partial charge in [-0.2, -0.15) is 0 Å². The normalized spacial score (nSPS) is 11.7. The summed E-state index contributed by atoms with van der Waals surface area (Å²) in [6.07, 6.45) is 3.47. The maximum absolute atomic E-state index is 12.8. The highest BCUT2D eigenvalue weighted by atomic mass is 32.2. The first-order valence-corrected chi connectivity index (χ1v) is 11.3. The van der Waals surface area contributed by atoms with E-state index in [0.29, 0.717) is 16.7 Å². The first-order valence-electron chi connectivity index (χ1n) is 10.3. The van der Waals surface area contributed by atoms with E-state index >= 15 is 0 Å². The van der Waals surface area contributed by atoms with Crippen molar-refractivity contribution in [2.24, 2.45) is 5.41 Å². The third-order valence-electron chi connectivity index (χ3n) is 4.99. The van der Waals surface area contributed by atoms with Crippen LogP contribution in [0.25, 0.3) is 22.4 Å². The van der Waals surface area contributed by atoms with Crippen LogP contribution in [0.5, 0.6) is 0 Å². The molecule has 0 bridgehead atoms. The van der Waals surface area contributed by atoms with Crippen LogP contribution < -0.4 is 4.72 Å². The van der Waals surface area contributed by atoms with Gasteiger partial charge in [-0.15, -0.1) is 0 Å². The van der Waals surface area contributed by atoms with Gasteiger partial charge in [0.25, 0.3) is 0 Å². The molecule has 0 radical (unpaired) electrons. The number of carbonyl (C=O) groups excluding carboxylic acids is 1. The molecule has 2 heterocycles. The molecule has 0 saturated heterocycles. The summed E-state index contributed by atoms with van der Waals surface area (Å²) in [4.78, 5) is 25.1. The van der Waals surface area contributed by atoms with Gasteiger partial charge in [0.1, 0.15) is 5.52 Å². The Balaban J connectivity index is 1.50. The quantitative estimate of drug-likeness (QED) is 0.221. The number of hydrogen-bond acceptors (Lipinski definition) is 5. The van der Waals surface area contributed by atoms with E-state index in [-0.39, 0.29) is 5.78 Å². The van der Waals surface area contributed by atoms with Crippen LogP contribution in [0.4, 0.5) is 0 Å². The zero-order valence-corrected chi connectivity index (χ0v) is 18.8. The highest BCUT2D eigenvalue weighted by Gasteiger charge is 2.26. The minimum absolute atomic E-state index is 0.0543. The van der Waals surface area contributed by atoms with Crippen LogP contribution >= 0.6 is 11.9 Å². The maximum atomic E-state index is 12.8. The highest BCUT2D eigenvalue weighted by Crippen LogP contribution is 2.27. The molecule has 2 aromatic heterocycles. The first kappa shape index (κ1) is 21.3. The van der Waals surface area contributed by atoms with Crippen LogP contribution in [0.1, 0.15) is 42.3 Å². The Labute approximate surface area is 186 Å². The van der Waals surface area contributed by atoms with E-state index in [9.17, 15) is 4.79 Å². The fraction of sp³-hybridized carbons (Fsp3) is 0.240. The Hall–Kier alpha value is -2.96. The predicted octanol–water partition coefficient (Wildman–Crippen LogP) is 5.79. The summed E-state index contributed by atoms with van der Waals surface area (Å²) in [6, 6.07) is 18.7. The number of benzene rings is 2. The van der Waals surface area contributed by atoms with Crippen molar-refractivity contribution in [3.63, 3.8) is 0 Å². The fourth-order valence-corrected chi connectivity index (χ4v) is 4.02. The third kappa shape index (κ3) is 5.03. The van der Waals surface area contributed by atoms with Crippen molar-refractivity contribution in [2.75, 3.05) is 0 Å². The third-order valence-corrected chi connectivity index (χ3v) is 5.82. The number of aromatic nitrogens is 3. The molecule has 2 aromatic carbocycles. The summed E-state index contributed by atoms with van der Waals surface area (Å²) in [5.41, 5.74) is 5.57. The molecular weight excluding hydrogens is 404 g/mol. The Morgan fingerprint density at radius 2 is 1.84 bits per heavy atom. The molecule has 0 atom stereocenters. The van der Waals surface area contributed by atoms with Crippen molar-refractivity contribution < 1.29 is 4.79 Å². The number of ketones is 1. The van der Waals surface area contributed by atoms with Crippen molar-refractivity contribution in [1.29, 1.82) is 0 Å². The standard InChI is InChI=1S/C25H26N4OS/c1-25(2,3)23(30)20-14-26-24-22(20)29-21(15-27-24)19-11-7-10-18(12-19)13-28-31-16-17-8-5-4-6-9-17/h4-12,14-15,28H,13,16H2,1-3H3,(H,26,27). The monoisotopic (exact) mass is 430 g/mol. The largest absolute Gasteiger partial charge is 0.344 e. The predicted molar refractivity (Wildman–Crippen MR) is 128 cm³/mol. The number of rotatable bonds is 7. The van der Waals surface area contributed by atoms with Gasteiger partial charge in [0.2, 0.25) is 0 Å². The number of aromatic amines is 1. The minimum atomic E-state index is -0.476. The smallest absolute Gasteiger partial charge is 0.171 e. The topological polar surface area (TPSA) is 70.7 Å². The zero-order valence-electron chi connectivity index (χ0n) is 18.0. The van der Waals surface area contributed by atoms with E-state index in [1.807, 2.05) is 39.0 Å². The first-order chi connectivity index (χ1) is 14.9. The molecule has 0 aliphatic carbocycles. The molecule has 0 amide bonds. The van der Waals surface area contributed by atoms with Gasteiger partial charge in [-0.3, -0.25) is 9.52 Å². The van der Waals surface area contributed by atoms with Crippen molar-refractivity contribution in [3.05, 3.63) is 83.7 Å². The number of fused-ring (bicyclic) bond motifs is 1. The lowest BCUT2D eigenvalue weighted by Gasteiger charge is -2.15. The zero-order chi connectivity index (χ0) is 21.8. The lowest BCUT2D eigenvalue weighted by atomic mass is 9.87. The summed E-state index contributed by atoms with van der Waals surface area (Å²) in [6.45, 7) is 6.49. The molecule has 0 aliphatic heterocycles. The van der Waals surface area contributed by atoms with Gasteiger partial charge in [0.15, 0.2) is 11.4 Å². The average molecular weight is 431 g/mol. The van der Waals surface area contributed by atoms with Crippen molar-refractivity contribution in [2.45, 2.75) is 33.1 Å². The van der Waals surface area contributed by atoms with E-state index in [0.717, 1.165) is 23.6 Å². The molecule has 0 spiro atoms. The lowest BCUT2D eigenvalue weighted by Crippen LogP contribution is -2.20. The molecule has 0 unspecified atom stereocenters. The van der Waals surface area contributed by atoms with Gasteiger partial charge in [0.05, 0.1) is 17.5 Å². The lowest BCUT2D eigenvalue weighted by molar-refractivity contribution is 0.0860. The molecule has 6 heteroatoms. The molecule has 5 nitrogen and oxygen atoms in total.